The van der Waals surface area contributed by atoms with Crippen molar-refractivity contribution in [2.45, 2.75) is 30.5 Å². The maximum atomic E-state index is 13.8. The minimum absolute atomic E-state index is 0.164. The number of ether oxygens (including phenoxy) is 1. The highest BCUT2D eigenvalue weighted by atomic mass is 32.2. The quantitative estimate of drug-likeness (QED) is 0.623. The lowest BCUT2D eigenvalue weighted by Crippen LogP contribution is -2.13. The molecule has 0 saturated carbocycles. The average molecular weight is 271 g/mol. The second-order valence-electron chi connectivity index (χ2n) is 4.22. The number of nitrogens with zero attached hydrogens (tertiary/aromatic N) is 1. The fraction of sp³-hybridized carbons (Fsp3) is 0.500. The third kappa shape index (κ3) is 2.81. The van der Waals surface area contributed by atoms with Gasteiger partial charge < -0.3 is 4.74 Å². The number of halogens is 1. The van der Waals surface area contributed by atoms with Crippen LogP contribution in [0.1, 0.15) is 18.9 Å². The molecule has 1 heterocycles. The molecule has 98 valence electrons. The minimum Gasteiger partial charge on any atom is -0.377 e. The fourth-order valence-corrected chi connectivity index (χ4v) is 3.18. The summed E-state index contributed by atoms with van der Waals surface area (Å²) in [6, 6.07) is 4.30. The molecule has 0 aliphatic carbocycles. The molecule has 2 unspecified atom stereocenters. The second-order valence-corrected chi connectivity index (χ2v) is 5.45. The molecule has 2 atom stereocenters. The molecular formula is C12H14FNO3S. The summed E-state index contributed by atoms with van der Waals surface area (Å²) in [6.45, 7) is 2.73. The summed E-state index contributed by atoms with van der Waals surface area (Å²) in [5.41, 5.74) is -0.0721. The highest BCUT2D eigenvalue weighted by molar-refractivity contribution is 7.99. The topological polar surface area (TPSA) is 52.4 Å². The van der Waals surface area contributed by atoms with Gasteiger partial charge in [0.05, 0.1) is 11.0 Å². The Hall–Kier alpha value is -1.14. The molecule has 4 nitrogen and oxygen atoms in total. The molecule has 0 spiro atoms. The third-order valence-electron chi connectivity index (χ3n) is 3.01. The van der Waals surface area contributed by atoms with Gasteiger partial charge in [-0.25, -0.2) is 0 Å². The van der Waals surface area contributed by atoms with Crippen molar-refractivity contribution in [3.8, 4) is 0 Å². The molecule has 1 fully saturated rings. The van der Waals surface area contributed by atoms with Crippen LogP contribution in [0.4, 0.5) is 10.1 Å². The fourth-order valence-electron chi connectivity index (χ4n) is 1.95. The van der Waals surface area contributed by atoms with E-state index in [0.29, 0.717) is 16.6 Å². The van der Waals surface area contributed by atoms with Crippen LogP contribution >= 0.6 is 11.8 Å². The van der Waals surface area contributed by atoms with Crippen LogP contribution in [0.15, 0.2) is 18.2 Å². The summed E-state index contributed by atoms with van der Waals surface area (Å²) >= 11 is 1.59. The Morgan fingerprint density at radius 1 is 1.61 bits per heavy atom. The van der Waals surface area contributed by atoms with Crippen LogP contribution in [0.5, 0.6) is 0 Å². The molecule has 1 aliphatic rings. The monoisotopic (exact) mass is 271 g/mol. The van der Waals surface area contributed by atoms with E-state index in [-0.39, 0.29) is 6.10 Å². The lowest BCUT2D eigenvalue weighted by molar-refractivity contribution is -0.387. The van der Waals surface area contributed by atoms with Crippen molar-refractivity contribution in [1.82, 2.24) is 0 Å². The molecule has 18 heavy (non-hydrogen) atoms. The zero-order valence-electron chi connectivity index (χ0n) is 9.97. The first-order chi connectivity index (χ1) is 8.59. The van der Waals surface area contributed by atoms with Crippen LogP contribution in [0.2, 0.25) is 0 Å². The van der Waals surface area contributed by atoms with Crippen LogP contribution in [0, 0.1) is 15.9 Å². The Labute approximate surface area is 109 Å². The SMILES string of the molecule is CC1OCCC1SCc1cccc([N+](=O)[O-])c1F. The van der Waals surface area contributed by atoms with E-state index in [9.17, 15) is 14.5 Å². The predicted molar refractivity (Wildman–Crippen MR) is 68.2 cm³/mol. The Morgan fingerprint density at radius 2 is 2.39 bits per heavy atom. The maximum Gasteiger partial charge on any atom is 0.305 e. The van der Waals surface area contributed by atoms with Crippen molar-refractivity contribution < 1.29 is 14.1 Å². The van der Waals surface area contributed by atoms with Gasteiger partial charge in [-0.05, 0) is 13.3 Å². The summed E-state index contributed by atoms with van der Waals surface area (Å²) in [4.78, 5) is 9.94. The second kappa shape index (κ2) is 5.67. The van der Waals surface area contributed by atoms with E-state index in [1.54, 1.807) is 17.8 Å². The lowest BCUT2D eigenvalue weighted by atomic mass is 10.2. The first kappa shape index (κ1) is 13.3. The number of benzene rings is 1. The molecule has 0 aromatic heterocycles. The molecule has 0 radical (unpaired) electrons. The molecule has 0 bridgehead atoms. The predicted octanol–water partition coefficient (Wildman–Crippen LogP) is 3.14. The summed E-state index contributed by atoms with van der Waals surface area (Å²) in [5, 5.41) is 11.0. The number of nitro groups is 1. The highest BCUT2D eigenvalue weighted by Gasteiger charge is 2.25. The van der Waals surface area contributed by atoms with Crippen molar-refractivity contribution in [3.05, 3.63) is 39.7 Å². The van der Waals surface area contributed by atoms with E-state index < -0.39 is 16.4 Å². The molecule has 1 aromatic rings. The molecule has 1 aromatic carbocycles. The zero-order valence-corrected chi connectivity index (χ0v) is 10.8. The summed E-state index contributed by atoms with van der Waals surface area (Å²) in [7, 11) is 0. The van der Waals surface area contributed by atoms with E-state index in [0.717, 1.165) is 13.0 Å². The van der Waals surface area contributed by atoms with Crippen LogP contribution in [-0.4, -0.2) is 22.9 Å². The van der Waals surface area contributed by atoms with Gasteiger partial charge in [-0.1, -0.05) is 12.1 Å². The Balaban J connectivity index is 2.05. The van der Waals surface area contributed by atoms with Crippen LogP contribution in [0.3, 0.4) is 0 Å². The van der Waals surface area contributed by atoms with Crippen LogP contribution < -0.4 is 0 Å². The summed E-state index contributed by atoms with van der Waals surface area (Å²) in [6.07, 6.45) is 1.11. The summed E-state index contributed by atoms with van der Waals surface area (Å²) < 4.78 is 19.2. The van der Waals surface area contributed by atoms with Crippen LogP contribution in [-0.2, 0) is 10.5 Å². The number of nitro benzene ring substituents is 1. The van der Waals surface area contributed by atoms with Crippen molar-refractivity contribution in [2.75, 3.05) is 6.61 Å². The number of hydrogen-bond donors (Lipinski definition) is 0. The first-order valence-corrected chi connectivity index (χ1v) is 6.79. The third-order valence-corrected chi connectivity index (χ3v) is 4.54. The lowest BCUT2D eigenvalue weighted by Gasteiger charge is -2.13. The van der Waals surface area contributed by atoms with E-state index in [1.807, 2.05) is 6.92 Å². The van der Waals surface area contributed by atoms with E-state index in [4.69, 9.17) is 4.74 Å². The molecule has 1 saturated heterocycles. The molecule has 0 amide bonds. The maximum absolute atomic E-state index is 13.8. The van der Waals surface area contributed by atoms with Crippen molar-refractivity contribution in [2.24, 2.45) is 0 Å². The van der Waals surface area contributed by atoms with E-state index in [2.05, 4.69) is 0 Å². The van der Waals surface area contributed by atoms with Gasteiger partial charge in [0.15, 0.2) is 0 Å². The Kier molecular flexibility index (Phi) is 4.19. The Morgan fingerprint density at radius 3 is 3.00 bits per heavy atom. The van der Waals surface area contributed by atoms with Gasteiger partial charge in [0, 0.05) is 29.2 Å². The minimum atomic E-state index is -0.721. The van der Waals surface area contributed by atoms with Gasteiger partial charge in [0.1, 0.15) is 0 Å². The van der Waals surface area contributed by atoms with Gasteiger partial charge in [-0.3, -0.25) is 10.1 Å². The van der Waals surface area contributed by atoms with E-state index in [1.165, 1.54) is 12.1 Å². The number of rotatable bonds is 4. The smallest absolute Gasteiger partial charge is 0.305 e. The number of thioether (sulfide) groups is 1. The molecular weight excluding hydrogens is 257 g/mol. The van der Waals surface area contributed by atoms with Gasteiger partial charge in [-0.15, -0.1) is 0 Å². The first-order valence-electron chi connectivity index (χ1n) is 5.74. The summed E-state index contributed by atoms with van der Waals surface area (Å²) in [5.74, 6) is -0.284. The van der Waals surface area contributed by atoms with E-state index >= 15 is 0 Å². The highest BCUT2D eigenvalue weighted by Crippen LogP contribution is 2.31. The largest absolute Gasteiger partial charge is 0.377 e. The molecule has 6 heteroatoms. The molecule has 0 N–H and O–H groups in total. The zero-order chi connectivity index (χ0) is 13.1. The van der Waals surface area contributed by atoms with Gasteiger partial charge >= 0.3 is 5.69 Å². The molecule has 2 rings (SSSR count). The van der Waals surface area contributed by atoms with Crippen LogP contribution in [0.25, 0.3) is 0 Å². The van der Waals surface area contributed by atoms with Crippen molar-refractivity contribution in [3.63, 3.8) is 0 Å². The Bertz CT molecular complexity index is 455. The van der Waals surface area contributed by atoms with Gasteiger partial charge in [-0.2, -0.15) is 16.2 Å². The van der Waals surface area contributed by atoms with Crippen molar-refractivity contribution >= 4 is 17.4 Å². The normalized spacial score (nSPS) is 23.2. The van der Waals surface area contributed by atoms with Gasteiger partial charge in [0.2, 0.25) is 5.82 Å². The van der Waals surface area contributed by atoms with Crippen molar-refractivity contribution in [1.29, 1.82) is 0 Å². The number of hydrogen-bond acceptors (Lipinski definition) is 4. The molecule has 1 aliphatic heterocycles. The average Bonchev–Trinajstić information content (AvgIpc) is 2.73. The van der Waals surface area contributed by atoms with Gasteiger partial charge in [0.25, 0.3) is 0 Å². The standard InChI is InChI=1S/C12H14FNO3S/c1-8-11(5-6-17-8)18-7-9-3-2-4-10(12(9)13)14(15)16/h2-4,8,11H,5-7H2,1H3.